The minimum Gasteiger partial charge on any atom is -0.303 e. The number of carbonyl (C=O) groups is 1. The second kappa shape index (κ2) is 18.2. The standard InChI is InChI=1S/C35H61O/c1-8-9-10-11-12-13-14-15-16-17-18-19-20-21-22-23-30(29-36)24-25-31-26-32(34(2,3)4)28-33(27-31)35(5,6)7/h26-27,29-30H,8-25H2,1-7H3. The Hall–Kier alpha value is -1.11. The van der Waals surface area contributed by atoms with Gasteiger partial charge in [0, 0.05) is 5.92 Å². The average molecular weight is 498 g/mol. The van der Waals surface area contributed by atoms with Crippen molar-refractivity contribution in [1.29, 1.82) is 0 Å². The number of unbranched alkanes of at least 4 members (excludes halogenated alkanes) is 14. The van der Waals surface area contributed by atoms with Crippen molar-refractivity contribution >= 4 is 6.29 Å². The first-order valence-corrected chi connectivity index (χ1v) is 15.6. The van der Waals surface area contributed by atoms with Crippen LogP contribution in [0.3, 0.4) is 0 Å². The summed E-state index contributed by atoms with van der Waals surface area (Å²) >= 11 is 0. The Morgan fingerprint density at radius 2 is 1.03 bits per heavy atom. The average Bonchev–Trinajstić information content (AvgIpc) is 2.82. The highest BCUT2D eigenvalue weighted by Gasteiger charge is 2.21. The van der Waals surface area contributed by atoms with Crippen molar-refractivity contribution < 1.29 is 4.79 Å². The van der Waals surface area contributed by atoms with E-state index in [2.05, 4.69) is 66.7 Å². The van der Waals surface area contributed by atoms with E-state index in [4.69, 9.17) is 0 Å². The smallest absolute Gasteiger partial charge is 0.123 e. The molecule has 0 amide bonds. The highest BCUT2D eigenvalue weighted by Crippen LogP contribution is 2.30. The second-order valence-corrected chi connectivity index (χ2v) is 13.5. The molecule has 0 aromatic heterocycles. The summed E-state index contributed by atoms with van der Waals surface area (Å²) in [4.78, 5) is 11.8. The predicted molar refractivity (Wildman–Crippen MR) is 160 cm³/mol. The lowest BCUT2D eigenvalue weighted by atomic mass is 9.79. The Balaban J connectivity index is 2.21. The fraction of sp³-hybridized carbons (Fsp3) is 0.800. The number of rotatable bonds is 20. The lowest BCUT2D eigenvalue weighted by Crippen LogP contribution is -2.17. The lowest BCUT2D eigenvalue weighted by molar-refractivity contribution is -0.111. The van der Waals surface area contributed by atoms with Gasteiger partial charge in [-0.05, 0) is 52.8 Å². The fourth-order valence-corrected chi connectivity index (χ4v) is 4.99. The topological polar surface area (TPSA) is 17.1 Å². The molecule has 0 fully saturated rings. The number of benzene rings is 1. The predicted octanol–water partition coefficient (Wildman–Crippen LogP) is 11.1. The first-order valence-electron chi connectivity index (χ1n) is 15.6. The molecule has 1 aromatic carbocycles. The van der Waals surface area contributed by atoms with Gasteiger partial charge >= 0.3 is 0 Å². The largest absolute Gasteiger partial charge is 0.303 e. The molecule has 207 valence electrons. The van der Waals surface area contributed by atoms with Gasteiger partial charge in [-0.2, -0.15) is 0 Å². The summed E-state index contributed by atoms with van der Waals surface area (Å²) in [6, 6.07) is 8.33. The van der Waals surface area contributed by atoms with Crippen LogP contribution >= 0.6 is 0 Å². The zero-order valence-electron chi connectivity index (χ0n) is 25.4. The molecule has 1 rings (SSSR count). The SMILES string of the molecule is CCCCCCCCCCCCCCCCCC(C=O)CCc1cc(C(C)(C)C)[c]c(C(C)(C)C)c1. The summed E-state index contributed by atoms with van der Waals surface area (Å²) in [5, 5.41) is 0. The molecule has 1 unspecified atom stereocenters. The highest BCUT2D eigenvalue weighted by molar-refractivity contribution is 5.53. The van der Waals surface area contributed by atoms with Crippen LogP contribution in [0.5, 0.6) is 0 Å². The summed E-state index contributed by atoms with van der Waals surface area (Å²) in [6.45, 7) is 15.9. The molecular formula is C35H61O. The number of aryl methyl sites for hydroxylation is 1. The third-order valence-electron chi connectivity index (χ3n) is 7.72. The minimum absolute atomic E-state index is 0.0912. The van der Waals surface area contributed by atoms with Crippen molar-refractivity contribution in [3.63, 3.8) is 0 Å². The molecule has 0 heterocycles. The van der Waals surface area contributed by atoms with Crippen LogP contribution in [0.15, 0.2) is 12.1 Å². The Kier molecular flexibility index (Phi) is 16.6. The minimum atomic E-state index is 0.0912. The van der Waals surface area contributed by atoms with Crippen LogP contribution in [-0.2, 0) is 22.0 Å². The van der Waals surface area contributed by atoms with E-state index in [1.807, 2.05) is 0 Å². The lowest BCUT2D eigenvalue weighted by Gasteiger charge is -2.26. The van der Waals surface area contributed by atoms with Crippen molar-refractivity contribution in [1.82, 2.24) is 0 Å². The molecule has 1 aromatic rings. The number of hydrogen-bond acceptors (Lipinski definition) is 1. The third-order valence-corrected chi connectivity index (χ3v) is 7.72. The molecule has 0 aliphatic carbocycles. The summed E-state index contributed by atoms with van der Waals surface area (Å²) in [6.07, 6.45) is 25.1. The second-order valence-electron chi connectivity index (χ2n) is 13.5. The summed E-state index contributed by atoms with van der Waals surface area (Å²) in [7, 11) is 0. The summed E-state index contributed by atoms with van der Waals surface area (Å²) in [5.41, 5.74) is 4.12. The number of aldehydes is 1. The van der Waals surface area contributed by atoms with Gasteiger partial charge in [0.05, 0.1) is 0 Å². The molecule has 0 spiro atoms. The molecule has 1 radical (unpaired) electrons. The van der Waals surface area contributed by atoms with Gasteiger partial charge in [-0.1, -0.05) is 157 Å². The van der Waals surface area contributed by atoms with Crippen LogP contribution in [0.25, 0.3) is 0 Å². The van der Waals surface area contributed by atoms with Crippen LogP contribution in [0.1, 0.15) is 174 Å². The van der Waals surface area contributed by atoms with Crippen molar-refractivity contribution in [2.45, 2.75) is 175 Å². The molecule has 0 aliphatic heterocycles. The Labute approximate surface area is 226 Å². The molecule has 1 nitrogen and oxygen atoms in total. The van der Waals surface area contributed by atoms with E-state index in [1.54, 1.807) is 0 Å². The molecular weight excluding hydrogens is 436 g/mol. The van der Waals surface area contributed by atoms with Crippen molar-refractivity contribution in [3.05, 3.63) is 34.9 Å². The molecule has 1 heteroatoms. The number of carbonyl (C=O) groups excluding carboxylic acids is 1. The van der Waals surface area contributed by atoms with Gasteiger partial charge in [-0.25, -0.2) is 0 Å². The van der Waals surface area contributed by atoms with E-state index >= 15 is 0 Å². The summed E-state index contributed by atoms with van der Waals surface area (Å²) in [5.74, 6) is 0.201. The maximum absolute atomic E-state index is 11.8. The van der Waals surface area contributed by atoms with Gasteiger partial charge in [0.15, 0.2) is 0 Å². The molecule has 0 N–H and O–H groups in total. The van der Waals surface area contributed by atoms with Gasteiger partial charge < -0.3 is 4.79 Å². The Morgan fingerprint density at radius 3 is 1.39 bits per heavy atom. The van der Waals surface area contributed by atoms with Gasteiger partial charge in [0.25, 0.3) is 0 Å². The van der Waals surface area contributed by atoms with Crippen LogP contribution in [0.4, 0.5) is 0 Å². The van der Waals surface area contributed by atoms with Crippen LogP contribution in [0.2, 0.25) is 0 Å². The fourth-order valence-electron chi connectivity index (χ4n) is 4.99. The van der Waals surface area contributed by atoms with Crippen LogP contribution in [0, 0.1) is 12.0 Å². The Morgan fingerprint density at radius 1 is 0.639 bits per heavy atom. The third kappa shape index (κ3) is 15.2. The first kappa shape index (κ1) is 32.9. The zero-order valence-corrected chi connectivity index (χ0v) is 25.4. The quantitative estimate of drug-likeness (QED) is 0.129. The highest BCUT2D eigenvalue weighted by atomic mass is 16.1. The first-order chi connectivity index (χ1) is 17.1. The van der Waals surface area contributed by atoms with E-state index in [1.165, 1.54) is 119 Å². The zero-order chi connectivity index (χ0) is 26.9. The van der Waals surface area contributed by atoms with Crippen molar-refractivity contribution in [2.24, 2.45) is 5.92 Å². The number of hydrogen-bond donors (Lipinski definition) is 0. The van der Waals surface area contributed by atoms with E-state index in [9.17, 15) is 4.79 Å². The van der Waals surface area contributed by atoms with Crippen molar-refractivity contribution in [3.8, 4) is 0 Å². The summed E-state index contributed by atoms with van der Waals surface area (Å²) < 4.78 is 0. The van der Waals surface area contributed by atoms with Crippen LogP contribution in [-0.4, -0.2) is 6.29 Å². The van der Waals surface area contributed by atoms with E-state index in [-0.39, 0.29) is 16.7 Å². The van der Waals surface area contributed by atoms with E-state index in [0.29, 0.717) is 0 Å². The van der Waals surface area contributed by atoms with E-state index in [0.717, 1.165) is 19.3 Å². The molecule has 0 saturated heterocycles. The van der Waals surface area contributed by atoms with Gasteiger partial charge in [0.1, 0.15) is 6.29 Å². The Bertz CT molecular complexity index is 655. The van der Waals surface area contributed by atoms with Gasteiger partial charge in [0.2, 0.25) is 0 Å². The molecule has 0 aliphatic rings. The van der Waals surface area contributed by atoms with Crippen molar-refractivity contribution in [2.75, 3.05) is 0 Å². The maximum atomic E-state index is 11.8. The van der Waals surface area contributed by atoms with Gasteiger partial charge in [-0.3, -0.25) is 0 Å². The monoisotopic (exact) mass is 497 g/mol. The van der Waals surface area contributed by atoms with Gasteiger partial charge in [-0.15, -0.1) is 0 Å². The molecule has 36 heavy (non-hydrogen) atoms. The normalized spacial score (nSPS) is 13.2. The molecule has 1 atom stereocenters. The molecule has 0 bridgehead atoms. The molecule has 0 saturated carbocycles. The van der Waals surface area contributed by atoms with Crippen LogP contribution < -0.4 is 0 Å². The van der Waals surface area contributed by atoms with E-state index < -0.39 is 0 Å². The maximum Gasteiger partial charge on any atom is 0.123 e.